The van der Waals surface area contributed by atoms with E-state index in [1.165, 1.54) is 43.5 Å². The van der Waals surface area contributed by atoms with Crippen LogP contribution in [0.1, 0.15) is 50.3 Å². The molecular weight excluding hydrogens is 294 g/mol. The summed E-state index contributed by atoms with van der Waals surface area (Å²) < 4.78 is 6.28. The highest BCUT2D eigenvalue weighted by Gasteiger charge is 2.15. The van der Waals surface area contributed by atoms with Crippen molar-refractivity contribution in [2.45, 2.75) is 39.2 Å². The largest absolute Gasteiger partial charge is 0.367 e. The standard InChI is InChI=1S/C20H25NO.C2H6/c1-4-10-18(11-5-1)20(19-12-6-2-7-13-19)22-17-16-21-14-8-3-9-15-21;1-2/h1-2,4-7,10-13,20H,3,8-9,14-17H2;1-2H3. The maximum Gasteiger partial charge on any atom is 0.108 e. The summed E-state index contributed by atoms with van der Waals surface area (Å²) in [5.41, 5.74) is 2.46. The summed E-state index contributed by atoms with van der Waals surface area (Å²) in [6.45, 7) is 8.28. The van der Waals surface area contributed by atoms with Crippen molar-refractivity contribution in [3.05, 3.63) is 71.8 Å². The Morgan fingerprint density at radius 1 is 0.792 bits per heavy atom. The summed E-state index contributed by atoms with van der Waals surface area (Å²) >= 11 is 0. The fourth-order valence-corrected chi connectivity index (χ4v) is 3.12. The van der Waals surface area contributed by atoms with Crippen LogP contribution in [-0.2, 0) is 4.74 Å². The zero-order valence-electron chi connectivity index (χ0n) is 15.2. The van der Waals surface area contributed by atoms with Crippen LogP contribution in [0, 0.1) is 0 Å². The molecule has 2 nitrogen and oxygen atoms in total. The van der Waals surface area contributed by atoms with Crippen LogP contribution in [0.2, 0.25) is 0 Å². The van der Waals surface area contributed by atoms with Gasteiger partial charge in [0.05, 0.1) is 6.61 Å². The molecule has 0 bridgehead atoms. The summed E-state index contributed by atoms with van der Waals surface area (Å²) in [6.07, 6.45) is 4.09. The molecule has 0 unspecified atom stereocenters. The zero-order valence-corrected chi connectivity index (χ0v) is 15.2. The summed E-state index contributed by atoms with van der Waals surface area (Å²) in [6, 6.07) is 21.0. The molecule has 1 saturated heterocycles. The third-order valence-corrected chi connectivity index (χ3v) is 4.35. The average Bonchev–Trinajstić information content (AvgIpc) is 2.69. The number of piperidine rings is 1. The van der Waals surface area contributed by atoms with E-state index in [0.29, 0.717) is 0 Å². The van der Waals surface area contributed by atoms with Gasteiger partial charge in [-0.1, -0.05) is 80.9 Å². The molecule has 0 spiro atoms. The Labute approximate surface area is 147 Å². The molecule has 2 heteroatoms. The van der Waals surface area contributed by atoms with Crippen LogP contribution in [-0.4, -0.2) is 31.1 Å². The van der Waals surface area contributed by atoms with Gasteiger partial charge in [-0.2, -0.15) is 0 Å². The van der Waals surface area contributed by atoms with Gasteiger partial charge in [0.15, 0.2) is 0 Å². The van der Waals surface area contributed by atoms with Crippen LogP contribution in [0.3, 0.4) is 0 Å². The van der Waals surface area contributed by atoms with E-state index in [-0.39, 0.29) is 6.10 Å². The minimum atomic E-state index is 0.0344. The number of rotatable bonds is 6. The van der Waals surface area contributed by atoms with Crippen molar-refractivity contribution >= 4 is 0 Å². The van der Waals surface area contributed by atoms with Gasteiger partial charge in [-0.25, -0.2) is 0 Å². The lowest BCUT2D eigenvalue weighted by Crippen LogP contribution is -2.33. The third-order valence-electron chi connectivity index (χ3n) is 4.35. The summed E-state index contributed by atoms with van der Waals surface area (Å²) in [4.78, 5) is 2.52. The van der Waals surface area contributed by atoms with E-state index in [0.717, 1.165) is 13.2 Å². The number of nitrogens with zero attached hydrogens (tertiary/aromatic N) is 1. The fourth-order valence-electron chi connectivity index (χ4n) is 3.12. The van der Waals surface area contributed by atoms with E-state index in [1.807, 2.05) is 13.8 Å². The van der Waals surface area contributed by atoms with Crippen LogP contribution in [0.5, 0.6) is 0 Å². The monoisotopic (exact) mass is 325 g/mol. The topological polar surface area (TPSA) is 12.5 Å². The molecule has 0 atom stereocenters. The van der Waals surface area contributed by atoms with Crippen molar-refractivity contribution in [2.24, 2.45) is 0 Å². The lowest BCUT2D eigenvalue weighted by atomic mass is 10.0. The van der Waals surface area contributed by atoms with E-state index in [1.54, 1.807) is 0 Å². The van der Waals surface area contributed by atoms with Crippen LogP contribution in [0.15, 0.2) is 60.7 Å². The smallest absolute Gasteiger partial charge is 0.108 e. The first-order chi connectivity index (χ1) is 11.9. The maximum atomic E-state index is 6.28. The number of likely N-dealkylation sites (tertiary alicyclic amines) is 1. The van der Waals surface area contributed by atoms with Crippen molar-refractivity contribution in [1.82, 2.24) is 4.90 Å². The van der Waals surface area contributed by atoms with Gasteiger partial charge >= 0.3 is 0 Å². The minimum absolute atomic E-state index is 0.0344. The molecule has 0 aliphatic carbocycles. The Kier molecular flexibility index (Phi) is 8.58. The van der Waals surface area contributed by atoms with Crippen LogP contribution >= 0.6 is 0 Å². The number of hydrogen-bond donors (Lipinski definition) is 0. The fraction of sp³-hybridized carbons (Fsp3) is 0.455. The number of hydrogen-bond acceptors (Lipinski definition) is 2. The first-order valence-corrected chi connectivity index (χ1v) is 9.37. The SMILES string of the molecule is CC.c1ccc(C(OCCN2CCCCC2)c2ccccc2)cc1. The lowest BCUT2D eigenvalue weighted by Gasteiger charge is -2.27. The van der Waals surface area contributed by atoms with Crippen LogP contribution < -0.4 is 0 Å². The highest BCUT2D eigenvalue weighted by Crippen LogP contribution is 2.25. The minimum Gasteiger partial charge on any atom is -0.367 e. The number of ether oxygens (including phenoxy) is 1. The normalized spacial score (nSPS) is 15.0. The van der Waals surface area contributed by atoms with Gasteiger partial charge in [0.25, 0.3) is 0 Å². The summed E-state index contributed by atoms with van der Waals surface area (Å²) in [5, 5.41) is 0. The van der Waals surface area contributed by atoms with Crippen molar-refractivity contribution in [3.63, 3.8) is 0 Å². The van der Waals surface area contributed by atoms with E-state index in [2.05, 4.69) is 65.6 Å². The molecule has 0 saturated carbocycles. The average molecular weight is 325 g/mol. The summed E-state index contributed by atoms with van der Waals surface area (Å²) in [7, 11) is 0. The molecule has 1 aliphatic heterocycles. The van der Waals surface area contributed by atoms with E-state index in [4.69, 9.17) is 4.74 Å². The zero-order chi connectivity index (χ0) is 17.0. The second-order valence-corrected chi connectivity index (χ2v) is 5.97. The predicted molar refractivity (Wildman–Crippen MR) is 102 cm³/mol. The van der Waals surface area contributed by atoms with Crippen molar-refractivity contribution in [3.8, 4) is 0 Å². The van der Waals surface area contributed by atoms with Crippen molar-refractivity contribution < 1.29 is 4.74 Å². The predicted octanol–water partition coefficient (Wildman–Crippen LogP) is 5.30. The highest BCUT2D eigenvalue weighted by molar-refractivity contribution is 5.29. The molecule has 1 aliphatic rings. The summed E-state index contributed by atoms with van der Waals surface area (Å²) in [5.74, 6) is 0. The molecule has 3 rings (SSSR count). The molecule has 1 fully saturated rings. The molecule has 0 amide bonds. The van der Waals surface area contributed by atoms with Gasteiger partial charge < -0.3 is 9.64 Å². The van der Waals surface area contributed by atoms with Crippen LogP contribution in [0.25, 0.3) is 0 Å². The molecule has 0 N–H and O–H groups in total. The first kappa shape index (κ1) is 18.7. The Morgan fingerprint density at radius 3 is 1.79 bits per heavy atom. The third kappa shape index (κ3) is 5.77. The first-order valence-electron chi connectivity index (χ1n) is 9.37. The molecular formula is C22H31NO. The van der Waals surface area contributed by atoms with E-state index >= 15 is 0 Å². The van der Waals surface area contributed by atoms with E-state index < -0.39 is 0 Å². The second kappa shape index (κ2) is 11.0. The Balaban J connectivity index is 0.00000100. The molecule has 2 aromatic carbocycles. The molecule has 130 valence electrons. The quantitative estimate of drug-likeness (QED) is 0.714. The van der Waals surface area contributed by atoms with Crippen LogP contribution in [0.4, 0.5) is 0 Å². The van der Waals surface area contributed by atoms with Crippen molar-refractivity contribution in [1.29, 1.82) is 0 Å². The maximum absolute atomic E-state index is 6.28. The second-order valence-electron chi connectivity index (χ2n) is 5.97. The number of benzene rings is 2. The highest BCUT2D eigenvalue weighted by atomic mass is 16.5. The van der Waals surface area contributed by atoms with Gasteiger partial charge in [-0.05, 0) is 37.1 Å². The van der Waals surface area contributed by atoms with Gasteiger partial charge in [0.2, 0.25) is 0 Å². The van der Waals surface area contributed by atoms with Gasteiger partial charge in [0.1, 0.15) is 6.10 Å². The van der Waals surface area contributed by atoms with E-state index in [9.17, 15) is 0 Å². The molecule has 0 radical (unpaired) electrons. The van der Waals surface area contributed by atoms with Gasteiger partial charge in [-0.15, -0.1) is 0 Å². The van der Waals surface area contributed by atoms with Gasteiger partial charge in [-0.3, -0.25) is 0 Å². The van der Waals surface area contributed by atoms with Gasteiger partial charge in [0, 0.05) is 6.54 Å². The Hall–Kier alpha value is -1.64. The molecule has 0 aromatic heterocycles. The molecule has 24 heavy (non-hydrogen) atoms. The lowest BCUT2D eigenvalue weighted by molar-refractivity contribution is 0.0557. The Bertz CT molecular complexity index is 495. The molecule has 2 aromatic rings. The van der Waals surface area contributed by atoms with Crippen molar-refractivity contribution in [2.75, 3.05) is 26.2 Å². The Morgan fingerprint density at radius 2 is 1.29 bits per heavy atom. The molecule has 1 heterocycles.